The van der Waals surface area contributed by atoms with Gasteiger partial charge < -0.3 is 4.55 Å². The number of halogens is 2. The smallest absolute Gasteiger partial charge is 0.743 e. The zero-order valence-corrected chi connectivity index (χ0v) is 10.2. The number of rotatable bonds is 2. The van der Waals surface area contributed by atoms with E-state index in [0.717, 1.165) is 12.1 Å². The van der Waals surface area contributed by atoms with Crippen molar-refractivity contribution in [2.75, 3.05) is 0 Å². The van der Waals surface area contributed by atoms with Crippen molar-refractivity contribution < 1.29 is 40.6 Å². The SMILES string of the molecule is O=S(=O)([O-])C(F)(F)c1ccc2ccccc2c1.[Li+]. The van der Waals surface area contributed by atoms with Crippen LogP contribution in [0.15, 0.2) is 42.5 Å². The molecule has 2 aromatic carbocycles. The van der Waals surface area contributed by atoms with Crippen LogP contribution in [0.2, 0.25) is 0 Å². The predicted octanol–water partition coefficient (Wildman–Crippen LogP) is -0.562. The topological polar surface area (TPSA) is 57.2 Å². The molecule has 0 aliphatic carbocycles. The van der Waals surface area contributed by atoms with E-state index in [-0.39, 0.29) is 18.9 Å². The first-order chi connectivity index (χ1) is 7.82. The first-order valence-corrected chi connectivity index (χ1v) is 6.06. The summed E-state index contributed by atoms with van der Waals surface area (Å²) in [7, 11) is -5.71. The molecule has 0 unspecified atom stereocenters. The summed E-state index contributed by atoms with van der Waals surface area (Å²) in [5.74, 6) is 0. The Morgan fingerprint density at radius 2 is 1.56 bits per heavy atom. The van der Waals surface area contributed by atoms with Crippen LogP contribution in [-0.4, -0.2) is 13.0 Å². The fourth-order valence-corrected chi connectivity index (χ4v) is 1.93. The maximum atomic E-state index is 13.3. The van der Waals surface area contributed by atoms with Gasteiger partial charge in [0.2, 0.25) is 0 Å². The van der Waals surface area contributed by atoms with Gasteiger partial charge in [-0.1, -0.05) is 36.4 Å². The fourth-order valence-electron chi connectivity index (χ4n) is 1.51. The average Bonchev–Trinajstić information content (AvgIpc) is 2.27. The second-order valence-electron chi connectivity index (χ2n) is 3.53. The first-order valence-electron chi connectivity index (χ1n) is 4.65. The van der Waals surface area contributed by atoms with E-state index in [0.29, 0.717) is 10.8 Å². The number of hydrogen-bond acceptors (Lipinski definition) is 3. The van der Waals surface area contributed by atoms with Crippen molar-refractivity contribution in [1.29, 1.82) is 0 Å². The Bertz CT molecular complexity index is 671. The first kappa shape index (κ1) is 15.1. The third-order valence-electron chi connectivity index (χ3n) is 2.40. The van der Waals surface area contributed by atoms with Crippen molar-refractivity contribution in [3.63, 3.8) is 0 Å². The summed E-state index contributed by atoms with van der Waals surface area (Å²) in [5, 5.41) is -3.26. The van der Waals surface area contributed by atoms with E-state index in [1.54, 1.807) is 24.3 Å². The van der Waals surface area contributed by atoms with Gasteiger partial charge in [0.15, 0.2) is 10.1 Å². The van der Waals surface area contributed by atoms with E-state index < -0.39 is 20.9 Å². The molecule has 0 aromatic heterocycles. The number of hydrogen-bond donors (Lipinski definition) is 0. The minimum absolute atomic E-state index is 0. The molecule has 0 atom stereocenters. The molecule has 2 rings (SSSR count). The Labute approximate surface area is 115 Å². The van der Waals surface area contributed by atoms with Gasteiger partial charge in [-0.3, -0.25) is 0 Å². The summed E-state index contributed by atoms with van der Waals surface area (Å²) in [5.41, 5.74) is -0.814. The Kier molecular flexibility index (Phi) is 4.18. The fraction of sp³-hybridized carbons (Fsp3) is 0.0909. The van der Waals surface area contributed by atoms with E-state index in [9.17, 15) is 21.8 Å². The second-order valence-corrected chi connectivity index (χ2v) is 4.95. The average molecular weight is 264 g/mol. The zero-order valence-electron chi connectivity index (χ0n) is 9.43. The number of alkyl halides is 2. The van der Waals surface area contributed by atoms with Crippen LogP contribution in [0.5, 0.6) is 0 Å². The molecule has 18 heavy (non-hydrogen) atoms. The second kappa shape index (κ2) is 4.98. The van der Waals surface area contributed by atoms with Gasteiger partial charge in [0, 0.05) is 5.56 Å². The van der Waals surface area contributed by atoms with Crippen LogP contribution in [0, 0.1) is 0 Å². The Morgan fingerprint density at radius 1 is 1.00 bits per heavy atom. The van der Waals surface area contributed by atoms with Gasteiger partial charge in [-0.15, -0.1) is 0 Å². The van der Waals surface area contributed by atoms with Crippen molar-refractivity contribution in [1.82, 2.24) is 0 Å². The van der Waals surface area contributed by atoms with Crippen LogP contribution in [0.4, 0.5) is 8.78 Å². The maximum absolute atomic E-state index is 13.3. The summed E-state index contributed by atoms with van der Waals surface area (Å²) < 4.78 is 58.0. The molecule has 0 amide bonds. The summed E-state index contributed by atoms with van der Waals surface area (Å²) in [4.78, 5) is 0. The van der Waals surface area contributed by atoms with Crippen LogP contribution in [-0.2, 0) is 15.4 Å². The van der Waals surface area contributed by atoms with Crippen molar-refractivity contribution >= 4 is 20.9 Å². The van der Waals surface area contributed by atoms with Crippen LogP contribution in [0.3, 0.4) is 0 Å². The molecule has 0 N–H and O–H groups in total. The standard InChI is InChI=1S/C11H8F2O3S.Li/c12-11(13,17(14,15)16)10-6-5-8-3-1-2-4-9(8)7-10;/h1-7H,(H,14,15,16);/q;+1/p-1. The van der Waals surface area contributed by atoms with Gasteiger partial charge in [0.05, 0.1) is 0 Å². The molecular formula is C11H7F2LiO3S. The van der Waals surface area contributed by atoms with Gasteiger partial charge in [-0.2, -0.15) is 8.78 Å². The van der Waals surface area contributed by atoms with Gasteiger partial charge in [0.1, 0.15) is 0 Å². The third kappa shape index (κ3) is 2.57. The van der Waals surface area contributed by atoms with E-state index >= 15 is 0 Å². The number of fused-ring (bicyclic) bond motifs is 1. The maximum Gasteiger partial charge on any atom is 1.00 e. The minimum Gasteiger partial charge on any atom is -0.743 e. The molecule has 0 bridgehead atoms. The molecule has 0 aliphatic rings. The summed E-state index contributed by atoms with van der Waals surface area (Å²) in [6.07, 6.45) is 0. The monoisotopic (exact) mass is 264 g/mol. The molecule has 7 heteroatoms. The van der Waals surface area contributed by atoms with Gasteiger partial charge >= 0.3 is 24.1 Å². The third-order valence-corrected chi connectivity index (χ3v) is 3.26. The molecule has 0 aliphatic heterocycles. The van der Waals surface area contributed by atoms with Crippen LogP contribution in [0.25, 0.3) is 10.8 Å². The Hall–Kier alpha value is -0.933. The molecule has 0 radical (unpaired) electrons. The summed E-state index contributed by atoms with van der Waals surface area (Å²) >= 11 is 0. The Morgan fingerprint density at radius 3 is 2.11 bits per heavy atom. The molecular weight excluding hydrogens is 257 g/mol. The molecule has 90 valence electrons. The van der Waals surface area contributed by atoms with E-state index in [1.165, 1.54) is 6.07 Å². The van der Waals surface area contributed by atoms with Gasteiger partial charge in [-0.25, -0.2) is 8.42 Å². The molecule has 3 nitrogen and oxygen atoms in total. The van der Waals surface area contributed by atoms with Gasteiger partial charge in [0.25, 0.3) is 0 Å². The van der Waals surface area contributed by atoms with Crippen molar-refractivity contribution in [2.45, 2.75) is 5.25 Å². The summed E-state index contributed by atoms with van der Waals surface area (Å²) in [6.45, 7) is 0. The minimum atomic E-state index is -5.71. The molecule has 0 saturated heterocycles. The number of benzene rings is 2. The van der Waals surface area contributed by atoms with Crippen molar-refractivity contribution in [3.8, 4) is 0 Å². The molecule has 0 saturated carbocycles. The normalized spacial score (nSPS) is 12.2. The molecule has 0 heterocycles. The molecule has 2 aromatic rings. The van der Waals surface area contributed by atoms with Crippen LogP contribution in [0.1, 0.15) is 5.56 Å². The zero-order chi connectivity index (χ0) is 12.7. The largest absolute Gasteiger partial charge is 1.00 e. The molecule has 0 fully saturated rings. The Balaban J connectivity index is 0.00000162. The summed E-state index contributed by atoms with van der Waals surface area (Å²) in [6, 6.07) is 9.92. The van der Waals surface area contributed by atoms with Crippen molar-refractivity contribution in [2.24, 2.45) is 0 Å². The quantitative estimate of drug-likeness (QED) is 0.539. The van der Waals surface area contributed by atoms with E-state index in [2.05, 4.69) is 0 Å². The van der Waals surface area contributed by atoms with Crippen molar-refractivity contribution in [3.05, 3.63) is 48.0 Å². The van der Waals surface area contributed by atoms with E-state index in [1.807, 2.05) is 0 Å². The molecule has 0 spiro atoms. The van der Waals surface area contributed by atoms with E-state index in [4.69, 9.17) is 0 Å². The van der Waals surface area contributed by atoms with Crippen LogP contribution < -0.4 is 18.9 Å². The van der Waals surface area contributed by atoms with Gasteiger partial charge in [-0.05, 0) is 16.8 Å². The van der Waals surface area contributed by atoms with Crippen LogP contribution >= 0.6 is 0 Å². The predicted molar refractivity (Wildman–Crippen MR) is 57.5 cm³/mol.